The Morgan fingerprint density at radius 1 is 1.73 bits per heavy atom. The summed E-state index contributed by atoms with van der Waals surface area (Å²) >= 11 is 0. The number of hydroxylamine groups is 1. The van der Waals surface area contributed by atoms with Gasteiger partial charge in [0.25, 0.3) is 0 Å². The SMILES string of the molecule is O=CONC1=COC=CC=N1. The summed E-state index contributed by atoms with van der Waals surface area (Å²) in [4.78, 5) is 17.7. The van der Waals surface area contributed by atoms with Gasteiger partial charge in [-0.1, -0.05) is 0 Å². The summed E-state index contributed by atoms with van der Waals surface area (Å²) in [6.07, 6.45) is 5.86. The van der Waals surface area contributed by atoms with Crippen LogP contribution in [-0.4, -0.2) is 12.7 Å². The highest BCUT2D eigenvalue weighted by molar-refractivity contribution is 5.71. The Morgan fingerprint density at radius 3 is 3.45 bits per heavy atom. The molecule has 0 bridgehead atoms. The van der Waals surface area contributed by atoms with Gasteiger partial charge in [-0.2, -0.15) is 5.48 Å². The molecule has 0 aromatic carbocycles. The van der Waals surface area contributed by atoms with Crippen molar-refractivity contribution in [3.8, 4) is 0 Å². The van der Waals surface area contributed by atoms with Crippen LogP contribution in [0.15, 0.2) is 29.4 Å². The zero-order valence-electron chi connectivity index (χ0n) is 5.56. The number of carbonyl (C=O) groups is 1. The third kappa shape index (κ3) is 2.53. The number of ether oxygens (including phenoxy) is 1. The molecule has 0 amide bonds. The van der Waals surface area contributed by atoms with Gasteiger partial charge in [0.1, 0.15) is 6.26 Å². The second-order valence-corrected chi connectivity index (χ2v) is 1.56. The van der Waals surface area contributed by atoms with E-state index in [9.17, 15) is 4.79 Å². The van der Waals surface area contributed by atoms with E-state index in [2.05, 4.69) is 15.3 Å². The molecule has 58 valence electrons. The molecule has 1 N–H and O–H groups in total. The minimum Gasteiger partial charge on any atom is -0.469 e. The Bertz CT molecular complexity index is 220. The lowest BCUT2D eigenvalue weighted by Gasteiger charge is -1.99. The lowest BCUT2D eigenvalue weighted by Crippen LogP contribution is -2.11. The summed E-state index contributed by atoms with van der Waals surface area (Å²) in [6, 6.07) is 0. The average molecular weight is 154 g/mol. The maximum atomic E-state index is 9.71. The maximum Gasteiger partial charge on any atom is 0.320 e. The van der Waals surface area contributed by atoms with Crippen LogP contribution in [0.3, 0.4) is 0 Å². The fraction of sp³-hybridized carbons (Fsp3) is 0. The van der Waals surface area contributed by atoms with Crippen LogP contribution in [0.2, 0.25) is 0 Å². The summed E-state index contributed by atoms with van der Waals surface area (Å²) in [5.41, 5.74) is 2.24. The number of carbonyl (C=O) groups excluding carboxylic acids is 1. The summed E-state index contributed by atoms with van der Waals surface area (Å²) < 4.78 is 4.78. The van der Waals surface area contributed by atoms with Gasteiger partial charge in [0.05, 0.1) is 6.26 Å². The topological polar surface area (TPSA) is 59.9 Å². The number of hydrogen-bond donors (Lipinski definition) is 1. The highest BCUT2D eigenvalue weighted by Crippen LogP contribution is 1.95. The monoisotopic (exact) mass is 154 g/mol. The highest BCUT2D eigenvalue weighted by atomic mass is 16.7. The van der Waals surface area contributed by atoms with Crippen molar-refractivity contribution in [2.75, 3.05) is 0 Å². The molecule has 0 atom stereocenters. The number of rotatable bonds is 3. The number of hydrogen-bond acceptors (Lipinski definition) is 5. The highest BCUT2D eigenvalue weighted by Gasteiger charge is 1.93. The molecule has 0 saturated carbocycles. The summed E-state index contributed by atoms with van der Waals surface area (Å²) in [6.45, 7) is 0.259. The van der Waals surface area contributed by atoms with Crippen LogP contribution in [0, 0.1) is 0 Å². The van der Waals surface area contributed by atoms with Gasteiger partial charge in [0, 0.05) is 6.21 Å². The molecule has 0 fully saturated rings. The van der Waals surface area contributed by atoms with Crippen LogP contribution in [0.25, 0.3) is 0 Å². The molecular formula is C6H6N2O3. The molecule has 1 heterocycles. The predicted octanol–water partition coefficient (Wildman–Crippen LogP) is 0.0776. The van der Waals surface area contributed by atoms with E-state index < -0.39 is 0 Å². The first-order valence-corrected chi connectivity index (χ1v) is 2.83. The molecule has 0 aliphatic carbocycles. The molecule has 0 aromatic rings. The van der Waals surface area contributed by atoms with E-state index >= 15 is 0 Å². The second-order valence-electron chi connectivity index (χ2n) is 1.56. The van der Waals surface area contributed by atoms with Gasteiger partial charge in [0.15, 0.2) is 5.82 Å². The Labute approximate surface area is 63.0 Å². The van der Waals surface area contributed by atoms with Crippen molar-refractivity contribution < 1.29 is 14.4 Å². The van der Waals surface area contributed by atoms with Crippen molar-refractivity contribution in [1.82, 2.24) is 5.48 Å². The first-order valence-electron chi connectivity index (χ1n) is 2.83. The zero-order chi connectivity index (χ0) is 7.94. The Kier molecular flexibility index (Phi) is 2.73. The van der Waals surface area contributed by atoms with Gasteiger partial charge < -0.3 is 9.57 Å². The van der Waals surface area contributed by atoms with Crippen molar-refractivity contribution in [3.05, 3.63) is 24.4 Å². The van der Waals surface area contributed by atoms with Crippen LogP contribution < -0.4 is 5.48 Å². The molecule has 5 nitrogen and oxygen atoms in total. The predicted molar refractivity (Wildman–Crippen MR) is 37.1 cm³/mol. The summed E-state index contributed by atoms with van der Waals surface area (Å²) in [5, 5.41) is 0. The Morgan fingerprint density at radius 2 is 2.64 bits per heavy atom. The van der Waals surface area contributed by atoms with Gasteiger partial charge in [0.2, 0.25) is 0 Å². The molecule has 0 unspecified atom stereocenters. The third-order valence-electron chi connectivity index (χ3n) is 0.848. The van der Waals surface area contributed by atoms with Crippen LogP contribution in [0.5, 0.6) is 0 Å². The van der Waals surface area contributed by atoms with Gasteiger partial charge in [-0.05, 0) is 6.08 Å². The number of allylic oxidation sites excluding steroid dienone is 1. The van der Waals surface area contributed by atoms with Crippen LogP contribution in [0.1, 0.15) is 0 Å². The molecule has 0 aromatic heterocycles. The normalized spacial score (nSPS) is 14.4. The second kappa shape index (κ2) is 4.10. The zero-order valence-corrected chi connectivity index (χ0v) is 5.56. The lowest BCUT2D eigenvalue weighted by molar-refractivity contribution is -0.133. The van der Waals surface area contributed by atoms with Crippen molar-refractivity contribution in [2.45, 2.75) is 0 Å². The van der Waals surface area contributed by atoms with Crippen LogP contribution >= 0.6 is 0 Å². The van der Waals surface area contributed by atoms with Gasteiger partial charge in [-0.25, -0.2) is 4.99 Å². The molecular weight excluding hydrogens is 148 g/mol. The van der Waals surface area contributed by atoms with Gasteiger partial charge in [-0.3, -0.25) is 4.79 Å². The molecule has 1 rings (SSSR count). The minimum atomic E-state index is 0.259. The van der Waals surface area contributed by atoms with E-state index in [0.29, 0.717) is 5.82 Å². The third-order valence-corrected chi connectivity index (χ3v) is 0.848. The first kappa shape index (κ1) is 7.33. The van der Waals surface area contributed by atoms with E-state index in [1.165, 1.54) is 18.7 Å². The maximum absolute atomic E-state index is 9.71. The standard InChI is InChI=1S/C6H6N2O3/c9-5-11-8-6-4-10-3-1-2-7-6/h1-5,8H. The molecule has 11 heavy (non-hydrogen) atoms. The summed E-state index contributed by atoms with van der Waals surface area (Å²) in [5.74, 6) is 0.321. The van der Waals surface area contributed by atoms with Crippen molar-refractivity contribution in [1.29, 1.82) is 0 Å². The van der Waals surface area contributed by atoms with E-state index in [1.807, 2.05) is 0 Å². The molecule has 0 saturated heterocycles. The van der Waals surface area contributed by atoms with Crippen LogP contribution in [-0.2, 0) is 14.4 Å². The van der Waals surface area contributed by atoms with E-state index in [1.54, 1.807) is 6.08 Å². The number of nitrogens with one attached hydrogen (secondary N) is 1. The largest absolute Gasteiger partial charge is 0.469 e. The lowest BCUT2D eigenvalue weighted by atomic mass is 10.7. The molecule has 0 spiro atoms. The fourth-order valence-electron chi connectivity index (χ4n) is 0.473. The minimum absolute atomic E-state index is 0.259. The fourth-order valence-corrected chi connectivity index (χ4v) is 0.473. The number of aliphatic imine (C=N–C) groups is 1. The van der Waals surface area contributed by atoms with Crippen molar-refractivity contribution in [2.24, 2.45) is 4.99 Å². The van der Waals surface area contributed by atoms with E-state index in [4.69, 9.17) is 4.74 Å². The average Bonchev–Trinajstić information content (AvgIpc) is 2.28. The van der Waals surface area contributed by atoms with E-state index in [0.717, 1.165) is 0 Å². The molecule has 1 aliphatic heterocycles. The van der Waals surface area contributed by atoms with E-state index in [-0.39, 0.29) is 6.47 Å². The van der Waals surface area contributed by atoms with Crippen LogP contribution in [0.4, 0.5) is 0 Å². The Balaban J connectivity index is 2.44. The summed E-state index contributed by atoms with van der Waals surface area (Å²) in [7, 11) is 0. The molecule has 1 aliphatic rings. The molecule has 5 heteroatoms. The van der Waals surface area contributed by atoms with Gasteiger partial charge >= 0.3 is 6.47 Å². The Hall–Kier alpha value is -1.78. The smallest absolute Gasteiger partial charge is 0.320 e. The quantitative estimate of drug-likeness (QED) is 0.462. The van der Waals surface area contributed by atoms with Crippen molar-refractivity contribution >= 4 is 12.7 Å². The first-order chi connectivity index (χ1) is 5.43. The van der Waals surface area contributed by atoms with Gasteiger partial charge in [-0.15, -0.1) is 0 Å². The molecule has 0 radical (unpaired) electrons. The van der Waals surface area contributed by atoms with Crippen molar-refractivity contribution in [3.63, 3.8) is 0 Å². The number of nitrogens with zero attached hydrogens (tertiary/aromatic N) is 1.